The minimum absolute atomic E-state index is 0.162. The molecule has 1 aliphatic carbocycles. The van der Waals surface area contributed by atoms with Crippen molar-refractivity contribution in [2.75, 3.05) is 13.1 Å². The van der Waals surface area contributed by atoms with E-state index in [1.54, 1.807) is 17.0 Å². The van der Waals surface area contributed by atoms with Crippen molar-refractivity contribution in [3.8, 4) is 11.1 Å². The lowest BCUT2D eigenvalue weighted by Gasteiger charge is -2.35. The largest absolute Gasteiger partial charge is 0.353 e. The van der Waals surface area contributed by atoms with Gasteiger partial charge in [0.1, 0.15) is 11.9 Å². The molecule has 2 aliphatic rings. The lowest BCUT2D eigenvalue weighted by molar-refractivity contribution is -0.127. The van der Waals surface area contributed by atoms with Crippen molar-refractivity contribution < 1.29 is 14.0 Å². The number of fused-ring (bicyclic) bond motifs is 1. The van der Waals surface area contributed by atoms with E-state index in [4.69, 9.17) is 0 Å². The number of nitrogens with zero attached hydrogens (tertiary/aromatic N) is 2. The van der Waals surface area contributed by atoms with Gasteiger partial charge in [0, 0.05) is 30.8 Å². The molecule has 2 heterocycles. The van der Waals surface area contributed by atoms with E-state index in [0.29, 0.717) is 25.2 Å². The zero-order valence-electron chi connectivity index (χ0n) is 18.4. The summed E-state index contributed by atoms with van der Waals surface area (Å²) in [7, 11) is 0. The molecule has 1 aromatic heterocycles. The van der Waals surface area contributed by atoms with Crippen LogP contribution in [0, 0.1) is 5.82 Å². The maximum absolute atomic E-state index is 13.6. The molecule has 1 unspecified atom stereocenters. The standard InChI is InChI=1S/C26H27FN4O2/c27-19-12-10-17(11-13-19)20-7-5-4-6-18(20)16-23-25(32)28-14-15-31(23)26(33)24-21-8-2-1-3-9-22(21)29-30-24/h4-7,10-13,23H,1-3,8-9,14-16H2,(H,28,32)(H,29,30). The van der Waals surface area contributed by atoms with Crippen molar-refractivity contribution in [1.29, 1.82) is 0 Å². The quantitative estimate of drug-likeness (QED) is 0.601. The van der Waals surface area contributed by atoms with Crippen molar-refractivity contribution in [1.82, 2.24) is 20.4 Å². The molecule has 2 aromatic carbocycles. The first-order valence-electron chi connectivity index (χ1n) is 11.6. The molecular formula is C26H27FN4O2. The second kappa shape index (κ2) is 9.17. The number of amides is 2. The number of aromatic amines is 1. The highest BCUT2D eigenvalue weighted by Gasteiger charge is 2.36. The van der Waals surface area contributed by atoms with Gasteiger partial charge in [-0.1, -0.05) is 42.8 Å². The minimum Gasteiger partial charge on any atom is -0.353 e. The lowest BCUT2D eigenvalue weighted by atomic mass is 9.93. The second-order valence-electron chi connectivity index (χ2n) is 8.76. The van der Waals surface area contributed by atoms with Gasteiger partial charge in [-0.3, -0.25) is 14.7 Å². The molecule has 0 saturated carbocycles. The van der Waals surface area contributed by atoms with Crippen LogP contribution in [-0.4, -0.2) is 46.0 Å². The number of H-pyrrole nitrogens is 1. The predicted molar refractivity (Wildman–Crippen MR) is 123 cm³/mol. The number of hydrogen-bond acceptors (Lipinski definition) is 3. The molecule has 0 spiro atoms. The number of aromatic nitrogens is 2. The topological polar surface area (TPSA) is 78.1 Å². The maximum Gasteiger partial charge on any atom is 0.275 e. The Balaban J connectivity index is 1.45. The lowest BCUT2D eigenvalue weighted by Crippen LogP contribution is -2.58. The number of halogens is 1. The summed E-state index contributed by atoms with van der Waals surface area (Å²) in [4.78, 5) is 28.2. The summed E-state index contributed by atoms with van der Waals surface area (Å²) in [6.07, 6.45) is 5.40. The van der Waals surface area contributed by atoms with Crippen LogP contribution in [-0.2, 0) is 24.1 Å². The van der Waals surface area contributed by atoms with Gasteiger partial charge in [0.25, 0.3) is 5.91 Å². The number of hydrogen-bond donors (Lipinski definition) is 2. The van der Waals surface area contributed by atoms with E-state index >= 15 is 0 Å². The van der Waals surface area contributed by atoms with E-state index in [9.17, 15) is 14.0 Å². The zero-order valence-corrected chi connectivity index (χ0v) is 18.4. The Kier molecular flexibility index (Phi) is 5.94. The van der Waals surface area contributed by atoms with E-state index in [1.807, 2.05) is 24.3 Å². The third kappa shape index (κ3) is 4.27. The average Bonchev–Trinajstić information content (AvgIpc) is 3.09. The Hall–Kier alpha value is -3.48. The van der Waals surface area contributed by atoms with Gasteiger partial charge in [0.05, 0.1) is 0 Å². The summed E-state index contributed by atoms with van der Waals surface area (Å²) in [5.74, 6) is -0.642. The zero-order chi connectivity index (χ0) is 22.8. The molecule has 1 atom stereocenters. The fraction of sp³-hybridized carbons (Fsp3) is 0.346. The summed E-state index contributed by atoms with van der Waals surface area (Å²) < 4.78 is 13.4. The highest BCUT2D eigenvalue weighted by atomic mass is 19.1. The summed E-state index contributed by atoms with van der Waals surface area (Å²) in [6.45, 7) is 0.864. The van der Waals surface area contributed by atoms with Crippen molar-refractivity contribution >= 4 is 11.8 Å². The number of carbonyl (C=O) groups excluding carboxylic acids is 2. The van der Waals surface area contributed by atoms with Gasteiger partial charge in [-0.2, -0.15) is 5.10 Å². The molecule has 2 N–H and O–H groups in total. The third-order valence-corrected chi connectivity index (χ3v) is 6.69. The summed E-state index contributed by atoms with van der Waals surface area (Å²) >= 11 is 0. The average molecular weight is 447 g/mol. The Labute approximate surface area is 192 Å². The van der Waals surface area contributed by atoms with Gasteiger partial charge in [0.2, 0.25) is 5.91 Å². The number of benzene rings is 2. The SMILES string of the molecule is O=C1NCCN(C(=O)c2n[nH]c3c2CCCCC3)C1Cc1ccccc1-c1ccc(F)cc1. The first-order chi connectivity index (χ1) is 16.1. The van der Waals surface area contributed by atoms with Crippen LogP contribution >= 0.6 is 0 Å². The fourth-order valence-corrected chi connectivity index (χ4v) is 4.95. The molecule has 5 rings (SSSR count). The third-order valence-electron chi connectivity index (χ3n) is 6.69. The maximum atomic E-state index is 13.6. The van der Waals surface area contributed by atoms with Crippen LogP contribution in [0.15, 0.2) is 48.5 Å². The van der Waals surface area contributed by atoms with Gasteiger partial charge in [-0.15, -0.1) is 0 Å². The van der Waals surface area contributed by atoms with Crippen LogP contribution in [0.1, 0.15) is 46.6 Å². The molecule has 33 heavy (non-hydrogen) atoms. The van der Waals surface area contributed by atoms with Crippen LogP contribution in [0.3, 0.4) is 0 Å². The Morgan fingerprint density at radius 1 is 1.06 bits per heavy atom. The normalized spacial score (nSPS) is 18.4. The molecule has 1 saturated heterocycles. The predicted octanol–water partition coefficient (Wildman–Crippen LogP) is 3.67. The first-order valence-corrected chi connectivity index (χ1v) is 11.6. The monoisotopic (exact) mass is 446 g/mol. The molecule has 7 heteroatoms. The molecule has 3 aromatic rings. The van der Waals surface area contributed by atoms with Crippen molar-refractivity contribution in [3.63, 3.8) is 0 Å². The van der Waals surface area contributed by atoms with Crippen LogP contribution in [0.5, 0.6) is 0 Å². The van der Waals surface area contributed by atoms with Gasteiger partial charge >= 0.3 is 0 Å². The van der Waals surface area contributed by atoms with E-state index in [1.165, 1.54) is 12.1 Å². The van der Waals surface area contributed by atoms with E-state index < -0.39 is 6.04 Å². The first kappa shape index (κ1) is 21.4. The summed E-state index contributed by atoms with van der Waals surface area (Å²) in [5.41, 5.74) is 5.25. The summed E-state index contributed by atoms with van der Waals surface area (Å²) in [6, 6.07) is 13.5. The number of piperazine rings is 1. The van der Waals surface area contributed by atoms with Gasteiger partial charge in [0.15, 0.2) is 5.69 Å². The Bertz CT molecular complexity index is 1170. The molecule has 1 aliphatic heterocycles. The Morgan fingerprint density at radius 3 is 2.70 bits per heavy atom. The highest BCUT2D eigenvalue weighted by Crippen LogP contribution is 2.28. The van der Waals surface area contributed by atoms with E-state index in [0.717, 1.165) is 60.1 Å². The summed E-state index contributed by atoms with van der Waals surface area (Å²) in [5, 5.41) is 10.4. The smallest absolute Gasteiger partial charge is 0.275 e. The van der Waals surface area contributed by atoms with Crippen LogP contribution in [0.25, 0.3) is 11.1 Å². The van der Waals surface area contributed by atoms with Crippen molar-refractivity contribution in [3.05, 3.63) is 76.9 Å². The van der Waals surface area contributed by atoms with Gasteiger partial charge in [-0.25, -0.2) is 4.39 Å². The van der Waals surface area contributed by atoms with Crippen LogP contribution in [0.4, 0.5) is 4.39 Å². The number of nitrogens with one attached hydrogen (secondary N) is 2. The number of rotatable bonds is 4. The second-order valence-corrected chi connectivity index (χ2v) is 8.76. The molecule has 170 valence electrons. The molecule has 0 radical (unpaired) electrons. The van der Waals surface area contributed by atoms with Crippen LogP contribution in [0.2, 0.25) is 0 Å². The fourth-order valence-electron chi connectivity index (χ4n) is 4.95. The number of carbonyl (C=O) groups is 2. The molecule has 2 amide bonds. The van der Waals surface area contributed by atoms with Crippen LogP contribution < -0.4 is 5.32 Å². The Morgan fingerprint density at radius 2 is 1.85 bits per heavy atom. The molecule has 6 nitrogen and oxygen atoms in total. The van der Waals surface area contributed by atoms with Crippen molar-refractivity contribution in [2.24, 2.45) is 0 Å². The van der Waals surface area contributed by atoms with Crippen molar-refractivity contribution in [2.45, 2.75) is 44.6 Å². The minimum atomic E-state index is -0.633. The van der Waals surface area contributed by atoms with E-state index in [-0.39, 0.29) is 17.6 Å². The van der Waals surface area contributed by atoms with Gasteiger partial charge < -0.3 is 10.2 Å². The molecular weight excluding hydrogens is 419 g/mol. The van der Waals surface area contributed by atoms with E-state index in [2.05, 4.69) is 15.5 Å². The molecule has 1 fully saturated rings. The molecule has 0 bridgehead atoms. The van der Waals surface area contributed by atoms with Gasteiger partial charge in [-0.05, 0) is 54.5 Å². The highest BCUT2D eigenvalue weighted by molar-refractivity contribution is 5.98. The number of aryl methyl sites for hydroxylation is 1.